The van der Waals surface area contributed by atoms with Crippen molar-refractivity contribution < 1.29 is 9.53 Å². The number of piperidine rings is 1. The molecule has 0 radical (unpaired) electrons. The van der Waals surface area contributed by atoms with Crippen LogP contribution in [0.3, 0.4) is 0 Å². The predicted molar refractivity (Wildman–Crippen MR) is 80.5 cm³/mol. The molecule has 1 amide bonds. The van der Waals surface area contributed by atoms with E-state index in [0.29, 0.717) is 18.0 Å². The maximum absolute atomic E-state index is 12.3. The fourth-order valence-electron chi connectivity index (χ4n) is 3.10. The zero-order valence-corrected chi connectivity index (χ0v) is 12.6. The van der Waals surface area contributed by atoms with Crippen molar-refractivity contribution in [1.29, 1.82) is 0 Å². The van der Waals surface area contributed by atoms with Crippen LogP contribution < -0.4 is 4.74 Å². The number of hydrogen-bond acceptors (Lipinski definition) is 4. The van der Waals surface area contributed by atoms with Crippen LogP contribution in [0.25, 0.3) is 0 Å². The molecule has 0 bridgehead atoms. The Bertz CT molecular complexity index is 500. The standard InChI is InChI=1S/C16H23N3O2/c1-18-12-13(7-11-19-9-3-2-4-10-19)21-15-14(16(18)20)6-5-8-17-15/h5-6,8,13H,2-4,7,9-12H2,1H3. The number of carbonyl (C=O) groups is 1. The number of aromatic nitrogens is 1. The Morgan fingerprint density at radius 3 is 2.95 bits per heavy atom. The summed E-state index contributed by atoms with van der Waals surface area (Å²) in [6.45, 7) is 4.05. The molecule has 114 valence electrons. The van der Waals surface area contributed by atoms with Gasteiger partial charge in [-0.1, -0.05) is 6.42 Å². The minimum Gasteiger partial charge on any atom is -0.472 e. The van der Waals surface area contributed by atoms with Crippen LogP contribution in [0.5, 0.6) is 5.88 Å². The molecule has 2 aliphatic heterocycles. The number of pyridine rings is 1. The van der Waals surface area contributed by atoms with Crippen LogP contribution in [0.15, 0.2) is 18.3 Å². The number of carbonyl (C=O) groups excluding carboxylic acids is 1. The van der Waals surface area contributed by atoms with E-state index in [9.17, 15) is 4.79 Å². The molecule has 1 unspecified atom stereocenters. The zero-order chi connectivity index (χ0) is 14.7. The maximum atomic E-state index is 12.3. The number of likely N-dealkylation sites (N-methyl/N-ethyl adjacent to an activating group) is 1. The first-order valence-electron chi connectivity index (χ1n) is 7.83. The summed E-state index contributed by atoms with van der Waals surface area (Å²) in [4.78, 5) is 20.8. The average molecular weight is 289 g/mol. The second-order valence-electron chi connectivity index (χ2n) is 5.97. The van der Waals surface area contributed by atoms with Gasteiger partial charge in [-0.05, 0) is 44.5 Å². The van der Waals surface area contributed by atoms with Crippen LogP contribution in [-0.4, -0.2) is 60.0 Å². The molecule has 0 aliphatic carbocycles. The lowest BCUT2D eigenvalue weighted by atomic mass is 10.1. The van der Waals surface area contributed by atoms with E-state index >= 15 is 0 Å². The van der Waals surface area contributed by atoms with Gasteiger partial charge in [0.15, 0.2) is 0 Å². The first-order chi connectivity index (χ1) is 10.2. The first kappa shape index (κ1) is 14.3. The number of nitrogens with zero attached hydrogens (tertiary/aromatic N) is 3. The predicted octanol–water partition coefficient (Wildman–Crippen LogP) is 1.79. The van der Waals surface area contributed by atoms with Crippen LogP contribution in [-0.2, 0) is 0 Å². The first-order valence-corrected chi connectivity index (χ1v) is 7.83. The van der Waals surface area contributed by atoms with E-state index in [1.165, 1.54) is 32.4 Å². The van der Waals surface area contributed by atoms with E-state index in [0.717, 1.165) is 13.0 Å². The molecule has 21 heavy (non-hydrogen) atoms. The van der Waals surface area contributed by atoms with Crippen LogP contribution >= 0.6 is 0 Å². The molecule has 0 N–H and O–H groups in total. The molecule has 0 aromatic carbocycles. The highest BCUT2D eigenvalue weighted by Crippen LogP contribution is 2.23. The van der Waals surface area contributed by atoms with Crippen molar-refractivity contribution in [3.63, 3.8) is 0 Å². The van der Waals surface area contributed by atoms with Gasteiger partial charge in [0.1, 0.15) is 11.7 Å². The van der Waals surface area contributed by atoms with Crippen LogP contribution in [0.2, 0.25) is 0 Å². The Labute approximate surface area is 125 Å². The fraction of sp³-hybridized carbons (Fsp3) is 0.625. The Hall–Kier alpha value is -1.62. The molecule has 2 aliphatic rings. The summed E-state index contributed by atoms with van der Waals surface area (Å²) in [5.74, 6) is 0.481. The van der Waals surface area contributed by atoms with Gasteiger partial charge in [0.05, 0.1) is 6.54 Å². The molecule has 3 rings (SSSR count). The van der Waals surface area contributed by atoms with Gasteiger partial charge in [-0.15, -0.1) is 0 Å². The number of fused-ring (bicyclic) bond motifs is 1. The number of amides is 1. The topological polar surface area (TPSA) is 45.7 Å². The fourth-order valence-corrected chi connectivity index (χ4v) is 3.10. The molecule has 5 nitrogen and oxygen atoms in total. The Balaban J connectivity index is 1.65. The molecular weight excluding hydrogens is 266 g/mol. The third-order valence-corrected chi connectivity index (χ3v) is 4.32. The Morgan fingerprint density at radius 2 is 2.14 bits per heavy atom. The van der Waals surface area contributed by atoms with Gasteiger partial charge >= 0.3 is 0 Å². The van der Waals surface area contributed by atoms with Crippen molar-refractivity contribution in [2.75, 3.05) is 33.2 Å². The van der Waals surface area contributed by atoms with Gasteiger partial charge in [-0.2, -0.15) is 0 Å². The zero-order valence-electron chi connectivity index (χ0n) is 12.6. The SMILES string of the molecule is CN1CC(CCN2CCCCC2)Oc2ncccc2C1=O. The minimum atomic E-state index is -0.00132. The Kier molecular flexibility index (Phi) is 4.39. The molecule has 3 heterocycles. The average Bonchev–Trinajstić information content (AvgIpc) is 2.64. The summed E-state index contributed by atoms with van der Waals surface area (Å²) >= 11 is 0. The Morgan fingerprint density at radius 1 is 1.33 bits per heavy atom. The molecular formula is C16H23N3O2. The van der Waals surface area contributed by atoms with E-state index in [-0.39, 0.29) is 12.0 Å². The maximum Gasteiger partial charge on any atom is 0.259 e. The third kappa shape index (κ3) is 3.35. The van der Waals surface area contributed by atoms with Crippen molar-refractivity contribution in [3.05, 3.63) is 23.9 Å². The van der Waals surface area contributed by atoms with Crippen LogP contribution in [0.4, 0.5) is 0 Å². The van der Waals surface area contributed by atoms with Gasteiger partial charge in [0.2, 0.25) is 5.88 Å². The molecule has 1 atom stereocenters. The van der Waals surface area contributed by atoms with E-state index in [2.05, 4.69) is 9.88 Å². The summed E-state index contributed by atoms with van der Waals surface area (Å²) in [7, 11) is 1.84. The summed E-state index contributed by atoms with van der Waals surface area (Å²) in [6.07, 6.45) is 6.59. The van der Waals surface area contributed by atoms with Crippen LogP contribution in [0.1, 0.15) is 36.0 Å². The van der Waals surface area contributed by atoms with E-state index in [1.807, 2.05) is 7.05 Å². The second-order valence-corrected chi connectivity index (χ2v) is 5.97. The lowest BCUT2D eigenvalue weighted by molar-refractivity contribution is 0.0740. The summed E-state index contributed by atoms with van der Waals surface area (Å²) in [5.41, 5.74) is 0.570. The molecule has 5 heteroatoms. The summed E-state index contributed by atoms with van der Waals surface area (Å²) in [6, 6.07) is 3.57. The number of ether oxygens (including phenoxy) is 1. The third-order valence-electron chi connectivity index (χ3n) is 4.32. The number of hydrogen-bond donors (Lipinski definition) is 0. The summed E-state index contributed by atoms with van der Waals surface area (Å²) < 4.78 is 5.99. The smallest absolute Gasteiger partial charge is 0.259 e. The largest absolute Gasteiger partial charge is 0.472 e. The van der Waals surface area contributed by atoms with Crippen molar-refractivity contribution >= 4 is 5.91 Å². The summed E-state index contributed by atoms with van der Waals surface area (Å²) in [5, 5.41) is 0. The lowest BCUT2D eigenvalue weighted by Crippen LogP contribution is -2.38. The number of rotatable bonds is 3. The normalized spacial score (nSPS) is 23.4. The van der Waals surface area contributed by atoms with E-state index in [4.69, 9.17) is 4.74 Å². The quantitative estimate of drug-likeness (QED) is 0.851. The van der Waals surface area contributed by atoms with Crippen molar-refractivity contribution in [2.45, 2.75) is 31.8 Å². The number of likely N-dealkylation sites (tertiary alicyclic amines) is 1. The molecule has 1 fully saturated rings. The van der Waals surface area contributed by atoms with Gasteiger partial charge in [-0.25, -0.2) is 4.98 Å². The highest BCUT2D eigenvalue weighted by Gasteiger charge is 2.27. The molecule has 1 saturated heterocycles. The molecule has 1 aromatic heterocycles. The van der Waals surface area contributed by atoms with E-state index in [1.54, 1.807) is 23.2 Å². The minimum absolute atomic E-state index is 0.00132. The van der Waals surface area contributed by atoms with Gasteiger partial charge in [-0.3, -0.25) is 4.79 Å². The monoisotopic (exact) mass is 289 g/mol. The van der Waals surface area contributed by atoms with Gasteiger partial charge < -0.3 is 14.5 Å². The van der Waals surface area contributed by atoms with Crippen molar-refractivity contribution in [2.24, 2.45) is 0 Å². The lowest BCUT2D eigenvalue weighted by Gasteiger charge is -2.28. The molecule has 1 aromatic rings. The van der Waals surface area contributed by atoms with Crippen molar-refractivity contribution in [1.82, 2.24) is 14.8 Å². The van der Waals surface area contributed by atoms with Gasteiger partial charge in [0, 0.05) is 19.8 Å². The highest BCUT2D eigenvalue weighted by molar-refractivity contribution is 5.96. The van der Waals surface area contributed by atoms with Gasteiger partial charge in [0.25, 0.3) is 5.91 Å². The highest BCUT2D eigenvalue weighted by atomic mass is 16.5. The molecule has 0 spiro atoms. The molecule has 0 saturated carbocycles. The van der Waals surface area contributed by atoms with Crippen molar-refractivity contribution in [3.8, 4) is 5.88 Å². The van der Waals surface area contributed by atoms with E-state index < -0.39 is 0 Å². The second kappa shape index (κ2) is 6.43. The van der Waals surface area contributed by atoms with Crippen LogP contribution in [0, 0.1) is 0 Å².